The summed E-state index contributed by atoms with van der Waals surface area (Å²) in [5.41, 5.74) is 1.03. The SMILES string of the molecule is COc1ccc(OCCSCC(=O)N2CCN(c3ccc([N+](=O)[O-])cc3)CC2)cc1. The summed E-state index contributed by atoms with van der Waals surface area (Å²) in [5, 5.41) is 10.8. The second-order valence-electron chi connectivity index (χ2n) is 6.72. The van der Waals surface area contributed by atoms with Gasteiger partial charge in [-0.3, -0.25) is 14.9 Å². The number of amides is 1. The first kappa shape index (κ1) is 21.8. The van der Waals surface area contributed by atoms with Crippen LogP contribution < -0.4 is 14.4 Å². The summed E-state index contributed by atoms with van der Waals surface area (Å²) in [6.07, 6.45) is 0. The van der Waals surface area contributed by atoms with Crippen LogP contribution in [-0.2, 0) is 4.79 Å². The van der Waals surface area contributed by atoms with Crippen molar-refractivity contribution in [1.82, 2.24) is 4.90 Å². The van der Waals surface area contributed by atoms with Crippen molar-refractivity contribution in [2.75, 3.05) is 56.3 Å². The topological polar surface area (TPSA) is 85.2 Å². The van der Waals surface area contributed by atoms with Crippen molar-refractivity contribution in [1.29, 1.82) is 0 Å². The Balaban J connectivity index is 1.33. The first-order valence-electron chi connectivity index (χ1n) is 9.68. The van der Waals surface area contributed by atoms with Gasteiger partial charge in [-0.2, -0.15) is 0 Å². The molecule has 30 heavy (non-hydrogen) atoms. The molecule has 1 amide bonds. The lowest BCUT2D eigenvalue weighted by Crippen LogP contribution is -2.49. The number of thioether (sulfide) groups is 1. The Hall–Kier alpha value is -2.94. The lowest BCUT2D eigenvalue weighted by molar-refractivity contribution is -0.384. The number of nitro benzene ring substituents is 1. The van der Waals surface area contributed by atoms with E-state index in [9.17, 15) is 14.9 Å². The Bertz CT molecular complexity index is 837. The van der Waals surface area contributed by atoms with E-state index >= 15 is 0 Å². The molecule has 3 rings (SSSR count). The molecule has 1 aliphatic heterocycles. The molecule has 0 N–H and O–H groups in total. The molecule has 1 aliphatic rings. The molecule has 1 heterocycles. The molecule has 0 saturated carbocycles. The highest BCUT2D eigenvalue weighted by molar-refractivity contribution is 7.99. The minimum atomic E-state index is -0.403. The highest BCUT2D eigenvalue weighted by atomic mass is 32.2. The number of nitrogens with zero attached hydrogens (tertiary/aromatic N) is 3. The number of nitro groups is 1. The molecule has 2 aromatic carbocycles. The van der Waals surface area contributed by atoms with Gasteiger partial charge in [-0.05, 0) is 36.4 Å². The quantitative estimate of drug-likeness (QED) is 0.343. The van der Waals surface area contributed by atoms with Gasteiger partial charge in [0.1, 0.15) is 11.5 Å². The van der Waals surface area contributed by atoms with Gasteiger partial charge in [0.15, 0.2) is 0 Å². The molecule has 0 aromatic heterocycles. The first-order chi connectivity index (χ1) is 14.6. The molecule has 0 bridgehead atoms. The lowest BCUT2D eigenvalue weighted by atomic mass is 10.2. The lowest BCUT2D eigenvalue weighted by Gasteiger charge is -2.36. The normalized spacial score (nSPS) is 13.8. The fraction of sp³-hybridized carbons (Fsp3) is 0.381. The number of hydrogen-bond donors (Lipinski definition) is 0. The van der Waals surface area contributed by atoms with E-state index in [1.54, 1.807) is 31.0 Å². The predicted octanol–water partition coefficient (Wildman–Crippen LogP) is 3.06. The Labute approximate surface area is 179 Å². The Morgan fingerprint density at radius 3 is 2.27 bits per heavy atom. The fourth-order valence-electron chi connectivity index (χ4n) is 3.14. The van der Waals surface area contributed by atoms with Crippen LogP contribution in [0.5, 0.6) is 11.5 Å². The maximum Gasteiger partial charge on any atom is 0.269 e. The largest absolute Gasteiger partial charge is 0.497 e. The van der Waals surface area contributed by atoms with Crippen LogP contribution in [0.3, 0.4) is 0 Å². The fourth-order valence-corrected chi connectivity index (χ4v) is 3.84. The number of carbonyl (C=O) groups is 1. The van der Waals surface area contributed by atoms with E-state index in [-0.39, 0.29) is 11.6 Å². The molecule has 160 valence electrons. The number of carbonyl (C=O) groups excluding carboxylic acids is 1. The van der Waals surface area contributed by atoms with Gasteiger partial charge in [0, 0.05) is 49.8 Å². The van der Waals surface area contributed by atoms with Crippen LogP contribution in [0.1, 0.15) is 0 Å². The zero-order valence-electron chi connectivity index (χ0n) is 16.9. The number of methoxy groups -OCH3 is 1. The summed E-state index contributed by atoms with van der Waals surface area (Å²) in [7, 11) is 1.62. The van der Waals surface area contributed by atoms with E-state index in [1.807, 2.05) is 29.2 Å². The van der Waals surface area contributed by atoms with Crippen LogP contribution in [0.25, 0.3) is 0 Å². The van der Waals surface area contributed by atoms with Gasteiger partial charge in [-0.1, -0.05) is 0 Å². The highest BCUT2D eigenvalue weighted by Gasteiger charge is 2.21. The van der Waals surface area contributed by atoms with E-state index in [4.69, 9.17) is 9.47 Å². The van der Waals surface area contributed by atoms with Crippen LogP contribution in [0.4, 0.5) is 11.4 Å². The number of non-ortho nitro benzene ring substituents is 1. The first-order valence-corrected chi connectivity index (χ1v) is 10.8. The van der Waals surface area contributed by atoms with Gasteiger partial charge in [0.2, 0.25) is 5.91 Å². The molecular weight excluding hydrogens is 406 g/mol. The third-order valence-corrected chi connectivity index (χ3v) is 5.75. The minimum absolute atomic E-state index is 0.0839. The van der Waals surface area contributed by atoms with Gasteiger partial charge in [0.25, 0.3) is 5.69 Å². The monoisotopic (exact) mass is 431 g/mol. The molecule has 8 nitrogen and oxygen atoms in total. The number of piperazine rings is 1. The van der Waals surface area contributed by atoms with Gasteiger partial charge in [0.05, 0.1) is 24.4 Å². The maximum atomic E-state index is 12.4. The van der Waals surface area contributed by atoms with Crippen molar-refractivity contribution in [2.45, 2.75) is 0 Å². The van der Waals surface area contributed by atoms with Gasteiger partial charge >= 0.3 is 0 Å². The number of benzene rings is 2. The van der Waals surface area contributed by atoms with Crippen LogP contribution in [0.2, 0.25) is 0 Å². The zero-order chi connectivity index (χ0) is 21.3. The smallest absolute Gasteiger partial charge is 0.269 e. The number of ether oxygens (including phenoxy) is 2. The van der Waals surface area contributed by atoms with Crippen molar-refractivity contribution < 1.29 is 19.2 Å². The number of rotatable bonds is 9. The Kier molecular flexibility index (Phi) is 7.78. The molecule has 0 radical (unpaired) electrons. The van der Waals surface area contributed by atoms with Crippen LogP contribution in [0.15, 0.2) is 48.5 Å². The van der Waals surface area contributed by atoms with E-state index in [1.165, 1.54) is 12.1 Å². The standard InChI is InChI=1S/C21H25N3O5S/c1-28-19-6-8-20(9-7-19)29-14-15-30-16-21(25)23-12-10-22(11-13-23)17-2-4-18(5-3-17)24(26)27/h2-9H,10-16H2,1H3. The average molecular weight is 432 g/mol. The molecule has 2 aromatic rings. The third kappa shape index (κ3) is 6.03. The highest BCUT2D eigenvalue weighted by Crippen LogP contribution is 2.21. The predicted molar refractivity (Wildman–Crippen MR) is 118 cm³/mol. The van der Waals surface area contributed by atoms with Crippen molar-refractivity contribution in [3.63, 3.8) is 0 Å². The summed E-state index contributed by atoms with van der Waals surface area (Å²) in [6, 6.07) is 14.0. The number of anilines is 1. The maximum absolute atomic E-state index is 12.4. The minimum Gasteiger partial charge on any atom is -0.497 e. The van der Waals surface area contributed by atoms with Crippen molar-refractivity contribution in [2.24, 2.45) is 0 Å². The Morgan fingerprint density at radius 1 is 1.03 bits per heavy atom. The third-order valence-electron chi connectivity index (χ3n) is 4.84. The molecule has 0 spiro atoms. The average Bonchev–Trinajstić information content (AvgIpc) is 2.79. The molecule has 0 unspecified atom stereocenters. The van der Waals surface area contributed by atoms with Gasteiger partial charge in [-0.15, -0.1) is 11.8 Å². The van der Waals surface area contributed by atoms with Crippen LogP contribution in [0, 0.1) is 10.1 Å². The van der Waals surface area contributed by atoms with E-state index in [0.717, 1.165) is 36.0 Å². The second-order valence-corrected chi connectivity index (χ2v) is 7.82. The van der Waals surface area contributed by atoms with Gasteiger partial charge < -0.3 is 19.3 Å². The van der Waals surface area contributed by atoms with Crippen molar-refractivity contribution >= 4 is 29.0 Å². The molecule has 9 heteroatoms. The van der Waals surface area contributed by atoms with Crippen LogP contribution >= 0.6 is 11.8 Å². The summed E-state index contributed by atoms with van der Waals surface area (Å²) < 4.78 is 10.8. The van der Waals surface area contributed by atoms with E-state index in [0.29, 0.717) is 25.4 Å². The molecular formula is C21H25N3O5S. The van der Waals surface area contributed by atoms with Gasteiger partial charge in [-0.25, -0.2) is 0 Å². The Morgan fingerprint density at radius 2 is 1.67 bits per heavy atom. The molecule has 0 atom stereocenters. The number of hydrogen-bond acceptors (Lipinski definition) is 7. The molecule has 1 fully saturated rings. The van der Waals surface area contributed by atoms with Crippen molar-refractivity contribution in [3.05, 3.63) is 58.6 Å². The van der Waals surface area contributed by atoms with Crippen LogP contribution in [-0.4, -0.2) is 67.1 Å². The van der Waals surface area contributed by atoms with E-state index < -0.39 is 4.92 Å². The van der Waals surface area contributed by atoms with E-state index in [2.05, 4.69) is 4.90 Å². The summed E-state index contributed by atoms with van der Waals surface area (Å²) in [6.45, 7) is 3.28. The summed E-state index contributed by atoms with van der Waals surface area (Å²) in [4.78, 5) is 26.8. The summed E-state index contributed by atoms with van der Waals surface area (Å²) >= 11 is 1.57. The molecule has 0 aliphatic carbocycles. The molecule has 1 saturated heterocycles. The summed E-state index contributed by atoms with van der Waals surface area (Å²) in [5.74, 6) is 2.87. The van der Waals surface area contributed by atoms with Crippen molar-refractivity contribution in [3.8, 4) is 11.5 Å². The second kappa shape index (κ2) is 10.7. The zero-order valence-corrected chi connectivity index (χ0v) is 17.7.